The number of unbranched alkanes of at least 4 members (excludes halogenated alkanes) is 5. The molecule has 1 aromatic carbocycles. The lowest BCUT2D eigenvalue weighted by molar-refractivity contribution is -0.117. The van der Waals surface area contributed by atoms with Crippen LogP contribution >= 0.6 is 15.9 Å². The Morgan fingerprint density at radius 3 is 1.96 bits per heavy atom. The van der Waals surface area contributed by atoms with Gasteiger partial charge in [0.2, 0.25) is 16.0 Å². The topological polar surface area (TPSA) is 181 Å². The van der Waals surface area contributed by atoms with Gasteiger partial charge in [-0.2, -0.15) is 0 Å². The van der Waals surface area contributed by atoms with E-state index in [2.05, 4.69) is 48.5 Å². The Kier molecular flexibility index (Phi) is 16.5. The molecule has 0 aliphatic carbocycles. The standard InChI is InChI=1S/C30H48BrN5O8S/c1-8-9-10-11-12-13-19-45(41,42)36-23-16-15-21(31)20-22(23)24(37)25(38)32-17-14-18-33-26(34-27(39)43-29(2,3)4)35-28(40)44-30(5,6)7/h15-16,20,36H,8-14,17-19H2,1-7H3,(H,32,38)(H2,33,34,35,39,40). The lowest BCUT2D eigenvalue weighted by Gasteiger charge is -2.22. The summed E-state index contributed by atoms with van der Waals surface area (Å²) in [5.74, 6) is -2.17. The largest absolute Gasteiger partial charge is 0.444 e. The summed E-state index contributed by atoms with van der Waals surface area (Å²) in [7, 11) is -3.73. The van der Waals surface area contributed by atoms with Crippen LogP contribution in [0.2, 0.25) is 0 Å². The van der Waals surface area contributed by atoms with E-state index in [0.29, 0.717) is 10.9 Å². The fraction of sp³-hybridized carbons (Fsp3) is 0.633. The van der Waals surface area contributed by atoms with E-state index >= 15 is 0 Å². The van der Waals surface area contributed by atoms with Crippen molar-refractivity contribution in [2.45, 2.75) is 105 Å². The second kappa shape index (κ2) is 18.7. The highest BCUT2D eigenvalue weighted by Crippen LogP contribution is 2.23. The third-order valence-electron chi connectivity index (χ3n) is 5.59. The molecular weight excluding hydrogens is 670 g/mol. The molecule has 0 heterocycles. The van der Waals surface area contributed by atoms with Crippen LogP contribution in [0.25, 0.3) is 0 Å². The monoisotopic (exact) mass is 717 g/mol. The van der Waals surface area contributed by atoms with Crippen LogP contribution in [0.3, 0.4) is 0 Å². The zero-order valence-electron chi connectivity index (χ0n) is 27.3. The summed E-state index contributed by atoms with van der Waals surface area (Å²) in [5.41, 5.74) is -1.67. The molecule has 0 aliphatic rings. The van der Waals surface area contributed by atoms with Crippen molar-refractivity contribution in [3.8, 4) is 0 Å². The third kappa shape index (κ3) is 18.4. The molecule has 0 unspecified atom stereocenters. The van der Waals surface area contributed by atoms with Gasteiger partial charge in [0.05, 0.1) is 17.0 Å². The fourth-order valence-electron chi connectivity index (χ4n) is 3.67. The van der Waals surface area contributed by atoms with E-state index in [4.69, 9.17) is 9.47 Å². The number of nitrogens with one attached hydrogen (secondary N) is 4. The lowest BCUT2D eigenvalue weighted by atomic mass is 10.1. The molecule has 0 saturated carbocycles. The van der Waals surface area contributed by atoms with Gasteiger partial charge in [0, 0.05) is 17.6 Å². The first kappa shape index (κ1) is 39.8. The molecule has 4 N–H and O–H groups in total. The van der Waals surface area contributed by atoms with Crippen molar-refractivity contribution in [3.05, 3.63) is 28.2 Å². The van der Waals surface area contributed by atoms with Gasteiger partial charge in [-0.05, 0) is 72.6 Å². The molecule has 0 radical (unpaired) electrons. The van der Waals surface area contributed by atoms with Crippen LogP contribution in [0.5, 0.6) is 0 Å². The molecule has 0 atom stereocenters. The van der Waals surface area contributed by atoms with E-state index < -0.39 is 45.1 Å². The van der Waals surface area contributed by atoms with Crippen molar-refractivity contribution >= 4 is 61.5 Å². The number of aliphatic imine (C=N–C) groups is 1. The first-order valence-corrected chi connectivity index (χ1v) is 17.4. The van der Waals surface area contributed by atoms with Crippen LogP contribution in [0.4, 0.5) is 15.3 Å². The molecule has 45 heavy (non-hydrogen) atoms. The number of amides is 3. The Morgan fingerprint density at radius 1 is 0.844 bits per heavy atom. The number of carbonyl (C=O) groups is 4. The quantitative estimate of drug-likeness (QED) is 0.0591. The van der Waals surface area contributed by atoms with E-state index in [9.17, 15) is 27.6 Å². The minimum Gasteiger partial charge on any atom is -0.444 e. The molecule has 0 fully saturated rings. The Bertz CT molecular complexity index is 1270. The number of sulfonamides is 1. The number of carbonyl (C=O) groups excluding carboxylic acids is 4. The zero-order valence-corrected chi connectivity index (χ0v) is 29.7. The Morgan fingerprint density at radius 2 is 1.40 bits per heavy atom. The molecule has 254 valence electrons. The number of ketones is 1. The molecule has 0 aromatic heterocycles. The maximum Gasteiger partial charge on any atom is 0.414 e. The van der Waals surface area contributed by atoms with Crippen molar-refractivity contribution < 1.29 is 37.1 Å². The number of ether oxygens (including phenoxy) is 2. The average molecular weight is 719 g/mol. The van der Waals surface area contributed by atoms with Crippen molar-refractivity contribution in [2.75, 3.05) is 23.6 Å². The molecule has 13 nitrogen and oxygen atoms in total. The molecule has 1 aromatic rings. The summed E-state index contributed by atoms with van der Waals surface area (Å²) in [6.45, 7) is 12.2. The predicted octanol–water partition coefficient (Wildman–Crippen LogP) is 5.65. The SMILES string of the molecule is CCCCCCCCS(=O)(=O)Nc1ccc(Br)cc1C(=O)C(=O)NCCCN=C(NC(=O)OC(C)(C)C)NC(=O)OC(C)(C)C. The van der Waals surface area contributed by atoms with Crippen LogP contribution in [-0.2, 0) is 24.3 Å². The summed E-state index contributed by atoms with van der Waals surface area (Å²) >= 11 is 3.26. The highest BCUT2D eigenvalue weighted by Gasteiger charge is 2.23. The van der Waals surface area contributed by atoms with Gasteiger partial charge >= 0.3 is 12.2 Å². The van der Waals surface area contributed by atoms with Gasteiger partial charge in [-0.3, -0.25) is 29.9 Å². The van der Waals surface area contributed by atoms with Crippen LogP contribution in [0.15, 0.2) is 27.7 Å². The van der Waals surface area contributed by atoms with Crippen molar-refractivity contribution in [3.63, 3.8) is 0 Å². The third-order valence-corrected chi connectivity index (χ3v) is 7.44. The van der Waals surface area contributed by atoms with Gasteiger partial charge in [-0.25, -0.2) is 18.0 Å². The lowest BCUT2D eigenvalue weighted by Crippen LogP contribution is -2.47. The molecule has 1 rings (SSSR count). The van der Waals surface area contributed by atoms with E-state index in [1.54, 1.807) is 47.6 Å². The van der Waals surface area contributed by atoms with E-state index in [1.165, 1.54) is 12.1 Å². The number of hydrogen-bond donors (Lipinski definition) is 4. The van der Waals surface area contributed by atoms with Gasteiger partial charge in [-0.15, -0.1) is 0 Å². The Labute approximate surface area is 275 Å². The number of hydrogen-bond acceptors (Lipinski definition) is 9. The number of Topliss-reactive ketones (excluding diaryl/α,β-unsaturated/α-hetero) is 1. The number of alkyl carbamates (subject to hydrolysis) is 2. The molecule has 0 bridgehead atoms. The summed E-state index contributed by atoms with van der Waals surface area (Å²) in [5, 5.41) is 7.21. The number of guanidine groups is 1. The molecular formula is C30H48BrN5O8S. The zero-order chi connectivity index (χ0) is 34.3. The van der Waals surface area contributed by atoms with Crippen LogP contribution in [0.1, 0.15) is 104 Å². The predicted molar refractivity (Wildman–Crippen MR) is 178 cm³/mol. The van der Waals surface area contributed by atoms with E-state index in [1.807, 2.05) is 0 Å². The minimum atomic E-state index is -3.73. The fourth-order valence-corrected chi connectivity index (χ4v) is 5.23. The summed E-state index contributed by atoms with van der Waals surface area (Å²) in [4.78, 5) is 54.3. The van der Waals surface area contributed by atoms with Gasteiger partial charge < -0.3 is 14.8 Å². The Hall–Kier alpha value is -3.20. The van der Waals surface area contributed by atoms with Crippen LogP contribution in [-0.4, -0.2) is 68.3 Å². The Balaban J connectivity index is 2.81. The van der Waals surface area contributed by atoms with Crippen LogP contribution < -0.4 is 20.7 Å². The highest BCUT2D eigenvalue weighted by atomic mass is 79.9. The number of rotatable bonds is 15. The number of benzene rings is 1. The second-order valence-corrected chi connectivity index (χ2v) is 15.1. The maximum atomic E-state index is 13.0. The van der Waals surface area contributed by atoms with Crippen molar-refractivity contribution in [1.82, 2.24) is 16.0 Å². The smallest absolute Gasteiger partial charge is 0.414 e. The van der Waals surface area contributed by atoms with Gasteiger partial charge in [0.15, 0.2) is 0 Å². The van der Waals surface area contributed by atoms with Gasteiger partial charge in [-0.1, -0.05) is 55.0 Å². The summed E-state index contributed by atoms with van der Waals surface area (Å²) in [6.07, 6.45) is 4.05. The van der Waals surface area contributed by atoms with Gasteiger partial charge in [0.25, 0.3) is 11.7 Å². The highest BCUT2D eigenvalue weighted by molar-refractivity contribution is 9.10. The molecule has 0 saturated heterocycles. The first-order valence-electron chi connectivity index (χ1n) is 15.0. The minimum absolute atomic E-state index is 0.0139. The van der Waals surface area contributed by atoms with Crippen molar-refractivity contribution in [1.29, 1.82) is 0 Å². The van der Waals surface area contributed by atoms with E-state index in [0.717, 1.165) is 32.1 Å². The number of halogens is 1. The van der Waals surface area contributed by atoms with Gasteiger partial charge in [0.1, 0.15) is 11.2 Å². The van der Waals surface area contributed by atoms with Crippen LogP contribution in [0, 0.1) is 0 Å². The first-order chi connectivity index (χ1) is 20.8. The van der Waals surface area contributed by atoms with E-state index in [-0.39, 0.29) is 42.5 Å². The maximum absolute atomic E-state index is 13.0. The molecule has 3 amide bonds. The second-order valence-electron chi connectivity index (χ2n) is 12.3. The molecule has 0 aliphatic heterocycles. The summed E-state index contributed by atoms with van der Waals surface area (Å²) in [6, 6.07) is 4.38. The number of nitrogens with zero attached hydrogens (tertiary/aromatic N) is 1. The van der Waals surface area contributed by atoms with Crippen molar-refractivity contribution in [2.24, 2.45) is 4.99 Å². The normalized spacial score (nSPS) is 11.6. The molecule has 15 heteroatoms. The summed E-state index contributed by atoms with van der Waals surface area (Å²) < 4.78 is 38.7. The average Bonchev–Trinajstić information content (AvgIpc) is 2.88. The molecule has 0 spiro atoms. The number of anilines is 1.